The highest BCUT2D eigenvalue weighted by molar-refractivity contribution is 5.81. The van der Waals surface area contributed by atoms with Gasteiger partial charge in [-0.25, -0.2) is 0 Å². The predicted octanol–water partition coefficient (Wildman–Crippen LogP) is 3.14. The van der Waals surface area contributed by atoms with Crippen molar-refractivity contribution in [3.05, 3.63) is 42.1 Å². The number of fused-ring (bicyclic) bond motifs is 1. The number of aromatic nitrogens is 1. The molecule has 1 aliphatic carbocycles. The Bertz CT molecular complexity index is 603. The van der Waals surface area contributed by atoms with E-state index in [9.17, 15) is 0 Å². The first kappa shape index (κ1) is 13.5. The molecule has 1 heterocycles. The molecule has 0 radical (unpaired) electrons. The number of nitrogens with one attached hydrogen (secondary N) is 1. The van der Waals surface area contributed by atoms with Crippen LogP contribution in [0.25, 0.3) is 10.9 Å². The molecule has 1 N–H and O–H groups in total. The van der Waals surface area contributed by atoms with Gasteiger partial charge in [0.25, 0.3) is 0 Å². The molecule has 0 bridgehead atoms. The fraction of sp³-hybridized carbons (Fsp3) is 0.471. The summed E-state index contributed by atoms with van der Waals surface area (Å²) in [7, 11) is 1.80. The molecular weight excluding hydrogens is 248 g/mol. The van der Waals surface area contributed by atoms with Crippen molar-refractivity contribution in [2.24, 2.45) is 5.41 Å². The fourth-order valence-corrected chi connectivity index (χ4v) is 3.18. The lowest BCUT2D eigenvalue weighted by molar-refractivity contribution is -0.0978. The summed E-state index contributed by atoms with van der Waals surface area (Å²) in [5, 5.41) is 4.87. The quantitative estimate of drug-likeness (QED) is 0.926. The first-order valence-corrected chi connectivity index (χ1v) is 7.21. The first-order chi connectivity index (χ1) is 9.63. The molecule has 1 aliphatic rings. The molecular formula is C17H22N2O. The molecule has 1 fully saturated rings. The third kappa shape index (κ3) is 2.21. The Hall–Kier alpha value is -1.45. The lowest BCUT2D eigenvalue weighted by Gasteiger charge is -2.51. The molecule has 1 aromatic carbocycles. The van der Waals surface area contributed by atoms with Gasteiger partial charge in [0, 0.05) is 36.7 Å². The molecule has 1 aromatic heterocycles. The summed E-state index contributed by atoms with van der Waals surface area (Å²) in [5.41, 5.74) is 2.56. The van der Waals surface area contributed by atoms with Crippen LogP contribution in [-0.2, 0) is 11.3 Å². The summed E-state index contributed by atoms with van der Waals surface area (Å²) < 4.78 is 5.50. The van der Waals surface area contributed by atoms with Crippen molar-refractivity contribution in [3.63, 3.8) is 0 Å². The van der Waals surface area contributed by atoms with E-state index in [4.69, 9.17) is 4.74 Å². The van der Waals surface area contributed by atoms with Gasteiger partial charge in [0.15, 0.2) is 0 Å². The van der Waals surface area contributed by atoms with Crippen molar-refractivity contribution in [1.82, 2.24) is 10.3 Å². The average Bonchev–Trinajstić information content (AvgIpc) is 2.46. The first-order valence-electron chi connectivity index (χ1n) is 7.21. The van der Waals surface area contributed by atoms with Crippen LogP contribution < -0.4 is 5.32 Å². The maximum absolute atomic E-state index is 5.50. The van der Waals surface area contributed by atoms with Crippen LogP contribution in [-0.4, -0.2) is 24.2 Å². The van der Waals surface area contributed by atoms with Crippen molar-refractivity contribution < 1.29 is 4.74 Å². The largest absolute Gasteiger partial charge is 0.381 e. The highest BCUT2D eigenvalue weighted by atomic mass is 16.5. The summed E-state index contributed by atoms with van der Waals surface area (Å²) in [6.07, 6.45) is 3.31. The van der Waals surface area contributed by atoms with Gasteiger partial charge in [-0.05, 0) is 18.1 Å². The van der Waals surface area contributed by atoms with Crippen LogP contribution in [0.5, 0.6) is 0 Å². The van der Waals surface area contributed by atoms with Gasteiger partial charge < -0.3 is 10.1 Å². The molecule has 1 saturated carbocycles. The van der Waals surface area contributed by atoms with E-state index in [-0.39, 0.29) is 5.41 Å². The van der Waals surface area contributed by atoms with Crippen LogP contribution in [0.4, 0.5) is 0 Å². The van der Waals surface area contributed by atoms with Crippen LogP contribution >= 0.6 is 0 Å². The Morgan fingerprint density at radius 3 is 2.85 bits per heavy atom. The summed E-state index contributed by atoms with van der Waals surface area (Å²) in [4.78, 5) is 4.51. The van der Waals surface area contributed by atoms with Crippen LogP contribution in [0.1, 0.15) is 25.8 Å². The van der Waals surface area contributed by atoms with Crippen molar-refractivity contribution in [2.75, 3.05) is 7.11 Å². The smallest absolute Gasteiger partial charge is 0.0746 e. The number of methoxy groups -OCH3 is 1. The molecule has 3 heteroatoms. The SMILES string of the molecule is COC1CC(NCc2cccc3cccnc23)C1(C)C. The number of nitrogens with zero attached hydrogens (tertiary/aromatic N) is 1. The van der Waals surface area contributed by atoms with E-state index in [2.05, 4.69) is 48.4 Å². The molecule has 3 rings (SSSR count). The van der Waals surface area contributed by atoms with Crippen LogP contribution in [0, 0.1) is 5.41 Å². The van der Waals surface area contributed by atoms with Gasteiger partial charge in [-0.3, -0.25) is 4.98 Å². The maximum Gasteiger partial charge on any atom is 0.0746 e. The molecule has 2 aromatic rings. The summed E-state index contributed by atoms with van der Waals surface area (Å²) in [5.74, 6) is 0. The van der Waals surface area contributed by atoms with Gasteiger partial charge in [-0.2, -0.15) is 0 Å². The molecule has 0 spiro atoms. The standard InChI is InChI=1S/C17H22N2O/c1-17(2)14(10-15(17)20-3)19-11-13-7-4-6-12-8-5-9-18-16(12)13/h4-9,14-15,19H,10-11H2,1-3H3. The summed E-state index contributed by atoms with van der Waals surface area (Å²) >= 11 is 0. The van der Waals surface area contributed by atoms with Gasteiger partial charge in [0.1, 0.15) is 0 Å². The lowest BCUT2D eigenvalue weighted by atomic mass is 9.64. The maximum atomic E-state index is 5.50. The van der Waals surface area contributed by atoms with E-state index in [0.29, 0.717) is 12.1 Å². The second kappa shape index (κ2) is 5.15. The van der Waals surface area contributed by atoms with E-state index >= 15 is 0 Å². The second-order valence-corrected chi connectivity index (χ2v) is 6.21. The molecule has 106 valence electrons. The van der Waals surface area contributed by atoms with E-state index in [1.807, 2.05) is 12.3 Å². The van der Waals surface area contributed by atoms with Crippen molar-refractivity contribution >= 4 is 10.9 Å². The Morgan fingerprint density at radius 2 is 2.10 bits per heavy atom. The average molecular weight is 270 g/mol. The highest BCUT2D eigenvalue weighted by Gasteiger charge is 2.48. The number of hydrogen-bond acceptors (Lipinski definition) is 3. The second-order valence-electron chi connectivity index (χ2n) is 6.21. The monoisotopic (exact) mass is 270 g/mol. The van der Waals surface area contributed by atoms with Crippen LogP contribution in [0.2, 0.25) is 0 Å². The minimum absolute atomic E-state index is 0.201. The molecule has 0 amide bonds. The van der Waals surface area contributed by atoms with Crippen LogP contribution in [0.3, 0.4) is 0 Å². The zero-order valence-corrected chi connectivity index (χ0v) is 12.4. The van der Waals surface area contributed by atoms with E-state index in [1.54, 1.807) is 7.11 Å². The predicted molar refractivity (Wildman–Crippen MR) is 81.6 cm³/mol. The van der Waals surface area contributed by atoms with Crippen molar-refractivity contribution in [1.29, 1.82) is 0 Å². The molecule has 2 atom stereocenters. The van der Waals surface area contributed by atoms with Crippen LogP contribution in [0.15, 0.2) is 36.5 Å². The Labute approximate surface area is 120 Å². The Kier molecular flexibility index (Phi) is 3.48. The molecule has 0 aliphatic heterocycles. The molecule has 0 saturated heterocycles. The van der Waals surface area contributed by atoms with Crippen molar-refractivity contribution in [2.45, 2.75) is 39.0 Å². The number of ether oxygens (including phenoxy) is 1. The van der Waals surface area contributed by atoms with E-state index in [0.717, 1.165) is 18.5 Å². The summed E-state index contributed by atoms with van der Waals surface area (Å²) in [6.45, 7) is 5.40. The lowest BCUT2D eigenvalue weighted by Crippen LogP contribution is -2.60. The van der Waals surface area contributed by atoms with Gasteiger partial charge >= 0.3 is 0 Å². The minimum atomic E-state index is 0.201. The number of rotatable bonds is 4. The topological polar surface area (TPSA) is 34.1 Å². The Balaban J connectivity index is 1.72. The van der Waals surface area contributed by atoms with E-state index < -0.39 is 0 Å². The van der Waals surface area contributed by atoms with Gasteiger partial charge in [-0.1, -0.05) is 38.1 Å². The van der Waals surface area contributed by atoms with Gasteiger partial charge in [-0.15, -0.1) is 0 Å². The molecule has 2 unspecified atom stereocenters. The van der Waals surface area contributed by atoms with E-state index in [1.165, 1.54) is 10.9 Å². The number of hydrogen-bond donors (Lipinski definition) is 1. The zero-order valence-electron chi connectivity index (χ0n) is 12.4. The number of para-hydroxylation sites is 1. The number of pyridine rings is 1. The van der Waals surface area contributed by atoms with Gasteiger partial charge in [0.2, 0.25) is 0 Å². The highest BCUT2D eigenvalue weighted by Crippen LogP contribution is 2.42. The Morgan fingerprint density at radius 1 is 1.30 bits per heavy atom. The molecule has 20 heavy (non-hydrogen) atoms. The molecule has 3 nitrogen and oxygen atoms in total. The van der Waals surface area contributed by atoms with Crippen molar-refractivity contribution in [3.8, 4) is 0 Å². The fourth-order valence-electron chi connectivity index (χ4n) is 3.18. The van der Waals surface area contributed by atoms with Gasteiger partial charge in [0.05, 0.1) is 11.6 Å². The number of benzene rings is 1. The third-order valence-electron chi connectivity index (χ3n) is 4.72. The third-order valence-corrected chi connectivity index (χ3v) is 4.72. The normalized spacial score (nSPS) is 24.6. The zero-order chi connectivity index (χ0) is 14.2. The summed E-state index contributed by atoms with van der Waals surface area (Å²) in [6, 6.07) is 11.0. The minimum Gasteiger partial charge on any atom is -0.381 e.